The molecule has 1 aromatic rings. The van der Waals surface area contributed by atoms with Gasteiger partial charge in [-0.15, -0.1) is 0 Å². The number of methoxy groups -OCH3 is 1. The molecule has 1 aromatic carbocycles. The maximum atomic E-state index is 11.9. The van der Waals surface area contributed by atoms with Crippen molar-refractivity contribution in [1.29, 1.82) is 0 Å². The summed E-state index contributed by atoms with van der Waals surface area (Å²) in [6.07, 6.45) is -4.50. The quantitative estimate of drug-likeness (QED) is 0.616. The van der Waals surface area contributed by atoms with Gasteiger partial charge in [-0.1, -0.05) is 0 Å². The van der Waals surface area contributed by atoms with Gasteiger partial charge in [-0.25, -0.2) is 0 Å². The van der Waals surface area contributed by atoms with Crippen LogP contribution in [0.5, 0.6) is 5.75 Å². The van der Waals surface area contributed by atoms with Crippen LogP contribution in [0.1, 0.15) is 0 Å². The Bertz CT molecular complexity index is 534. The van der Waals surface area contributed by atoms with Gasteiger partial charge in [-0.2, -0.15) is 13.2 Å². The fraction of sp³-hybridized carbons (Fsp3) is 0.364. The van der Waals surface area contributed by atoms with E-state index in [-0.39, 0.29) is 17.1 Å². The van der Waals surface area contributed by atoms with Crippen molar-refractivity contribution in [1.82, 2.24) is 5.32 Å². The lowest BCUT2D eigenvalue weighted by molar-refractivity contribution is -0.384. The number of alkyl halides is 3. The third-order valence-corrected chi connectivity index (χ3v) is 2.32. The van der Waals surface area contributed by atoms with Crippen molar-refractivity contribution in [2.75, 3.05) is 25.5 Å². The molecular formula is C11H12F3N3O4. The van der Waals surface area contributed by atoms with Gasteiger partial charge in [0.15, 0.2) is 0 Å². The average Bonchev–Trinajstić information content (AvgIpc) is 2.41. The number of nitro benzene ring substituents is 1. The minimum absolute atomic E-state index is 0.133. The van der Waals surface area contributed by atoms with E-state index in [2.05, 4.69) is 5.32 Å². The molecule has 0 unspecified atom stereocenters. The lowest BCUT2D eigenvalue weighted by atomic mass is 10.2. The number of nitrogens with zero attached hydrogens (tertiary/aromatic N) is 1. The number of hydrogen-bond acceptors (Lipinski definition) is 5. The highest BCUT2D eigenvalue weighted by Gasteiger charge is 2.27. The fourth-order valence-corrected chi connectivity index (χ4v) is 1.38. The van der Waals surface area contributed by atoms with Crippen LogP contribution in [0.4, 0.5) is 24.5 Å². The van der Waals surface area contributed by atoms with Crippen LogP contribution < -0.4 is 15.4 Å². The van der Waals surface area contributed by atoms with E-state index in [9.17, 15) is 28.1 Å². The minimum atomic E-state index is -4.50. The first-order valence-electron chi connectivity index (χ1n) is 5.62. The molecule has 0 aromatic heterocycles. The van der Waals surface area contributed by atoms with Gasteiger partial charge in [0.25, 0.3) is 5.69 Å². The number of nitro groups is 1. The molecule has 1 amide bonds. The first-order valence-corrected chi connectivity index (χ1v) is 5.62. The lowest BCUT2D eigenvalue weighted by Gasteiger charge is -2.12. The number of carbonyl (C=O) groups excluding carboxylic acids is 1. The first kappa shape index (κ1) is 16.5. The van der Waals surface area contributed by atoms with Gasteiger partial charge in [0.1, 0.15) is 12.3 Å². The summed E-state index contributed by atoms with van der Waals surface area (Å²) in [5.41, 5.74) is -0.108. The number of amides is 1. The molecule has 21 heavy (non-hydrogen) atoms. The average molecular weight is 307 g/mol. The van der Waals surface area contributed by atoms with Crippen LogP contribution in [-0.2, 0) is 4.79 Å². The smallest absolute Gasteiger partial charge is 0.405 e. The monoisotopic (exact) mass is 307 g/mol. The molecule has 7 nitrogen and oxygen atoms in total. The molecule has 0 aliphatic heterocycles. The molecule has 0 saturated carbocycles. The van der Waals surface area contributed by atoms with Gasteiger partial charge in [0, 0.05) is 12.1 Å². The fourth-order valence-electron chi connectivity index (χ4n) is 1.38. The lowest BCUT2D eigenvalue weighted by Crippen LogP contribution is -2.37. The molecule has 0 aliphatic carbocycles. The molecule has 116 valence electrons. The molecule has 10 heteroatoms. The number of benzene rings is 1. The normalized spacial score (nSPS) is 10.9. The molecule has 0 saturated heterocycles. The Hall–Kier alpha value is -2.52. The SMILES string of the molecule is COc1ccc([N+](=O)[O-])cc1NCC(=O)NCC(F)(F)F. The third kappa shape index (κ3) is 5.55. The van der Waals surface area contributed by atoms with Gasteiger partial charge in [0.05, 0.1) is 24.3 Å². The molecule has 2 N–H and O–H groups in total. The Labute approximate surface area is 117 Å². The summed E-state index contributed by atoms with van der Waals surface area (Å²) < 4.78 is 40.7. The Morgan fingerprint density at radius 3 is 2.62 bits per heavy atom. The number of non-ortho nitro benzene ring substituents is 1. The molecule has 0 fully saturated rings. The zero-order valence-corrected chi connectivity index (χ0v) is 10.9. The van der Waals surface area contributed by atoms with Gasteiger partial charge >= 0.3 is 6.18 Å². The predicted molar refractivity (Wildman–Crippen MR) is 67.2 cm³/mol. The van der Waals surface area contributed by atoms with Crippen molar-refractivity contribution >= 4 is 17.3 Å². The second-order valence-corrected chi connectivity index (χ2v) is 3.89. The zero-order chi connectivity index (χ0) is 16.0. The molecule has 0 heterocycles. The van der Waals surface area contributed by atoms with Gasteiger partial charge in [-0.05, 0) is 6.07 Å². The highest BCUT2D eigenvalue weighted by atomic mass is 19.4. The van der Waals surface area contributed by atoms with E-state index in [1.165, 1.54) is 19.2 Å². The number of carbonyl (C=O) groups is 1. The number of rotatable bonds is 6. The summed E-state index contributed by atoms with van der Waals surface area (Å²) in [5, 5.41) is 14.8. The number of hydrogen-bond donors (Lipinski definition) is 2. The van der Waals surface area contributed by atoms with E-state index in [0.29, 0.717) is 0 Å². The van der Waals surface area contributed by atoms with Crippen LogP contribution in [0, 0.1) is 10.1 Å². The molecule has 1 rings (SSSR count). The molecular weight excluding hydrogens is 295 g/mol. The second-order valence-electron chi connectivity index (χ2n) is 3.89. The van der Waals surface area contributed by atoms with Crippen LogP contribution in [0.2, 0.25) is 0 Å². The maximum Gasteiger partial charge on any atom is 0.405 e. The summed E-state index contributed by atoms with van der Waals surface area (Å²) in [6.45, 7) is -1.92. The topological polar surface area (TPSA) is 93.5 Å². The number of halogens is 3. The molecule has 0 bridgehead atoms. The Morgan fingerprint density at radius 1 is 1.43 bits per heavy atom. The Kier molecular flexibility index (Phi) is 5.33. The van der Waals surface area contributed by atoms with Crippen LogP contribution >= 0.6 is 0 Å². The summed E-state index contributed by atoms with van der Waals surface area (Å²) in [5.74, 6) is -0.676. The van der Waals surface area contributed by atoms with E-state index < -0.39 is 30.1 Å². The van der Waals surface area contributed by atoms with Crippen molar-refractivity contribution in [2.24, 2.45) is 0 Å². The van der Waals surface area contributed by atoms with Crippen molar-refractivity contribution < 1.29 is 27.6 Å². The molecule has 0 spiro atoms. The number of anilines is 1. The van der Waals surface area contributed by atoms with E-state index in [4.69, 9.17) is 4.74 Å². The van der Waals surface area contributed by atoms with Crippen LogP contribution in [0.15, 0.2) is 18.2 Å². The Balaban J connectivity index is 2.67. The van der Waals surface area contributed by atoms with E-state index in [1.54, 1.807) is 5.32 Å². The highest BCUT2D eigenvalue weighted by Crippen LogP contribution is 2.28. The molecule has 0 radical (unpaired) electrons. The van der Waals surface area contributed by atoms with Crippen molar-refractivity contribution in [3.05, 3.63) is 28.3 Å². The predicted octanol–water partition coefficient (Wildman–Crippen LogP) is 1.69. The van der Waals surface area contributed by atoms with E-state index >= 15 is 0 Å². The summed E-state index contributed by atoms with van der Waals surface area (Å²) in [6, 6.07) is 3.64. The van der Waals surface area contributed by atoms with Crippen LogP contribution in [-0.4, -0.2) is 37.2 Å². The largest absolute Gasteiger partial charge is 0.495 e. The molecule has 0 aliphatic rings. The van der Waals surface area contributed by atoms with E-state index in [1.807, 2.05) is 0 Å². The van der Waals surface area contributed by atoms with Gasteiger partial charge in [-0.3, -0.25) is 14.9 Å². The highest BCUT2D eigenvalue weighted by molar-refractivity contribution is 5.81. The maximum absolute atomic E-state index is 11.9. The van der Waals surface area contributed by atoms with Gasteiger partial charge in [0.2, 0.25) is 5.91 Å². The summed E-state index contributed by atoms with van der Waals surface area (Å²) in [7, 11) is 1.32. The second kappa shape index (κ2) is 6.77. The van der Waals surface area contributed by atoms with Crippen molar-refractivity contribution in [2.45, 2.75) is 6.18 Å². The first-order chi connectivity index (χ1) is 9.73. The van der Waals surface area contributed by atoms with E-state index in [0.717, 1.165) is 6.07 Å². The number of nitrogens with one attached hydrogen (secondary N) is 2. The molecule has 0 atom stereocenters. The van der Waals surface area contributed by atoms with Crippen LogP contribution in [0.25, 0.3) is 0 Å². The third-order valence-electron chi connectivity index (χ3n) is 2.32. The number of ether oxygens (including phenoxy) is 1. The summed E-state index contributed by atoms with van der Waals surface area (Å²) >= 11 is 0. The van der Waals surface area contributed by atoms with Crippen LogP contribution in [0.3, 0.4) is 0 Å². The standard InChI is InChI=1S/C11H12F3N3O4/c1-21-9-3-2-7(17(19)20)4-8(9)15-5-10(18)16-6-11(12,13)14/h2-4,15H,5-6H2,1H3,(H,16,18). The summed E-state index contributed by atoms with van der Waals surface area (Å²) in [4.78, 5) is 21.2. The Morgan fingerprint density at radius 2 is 2.10 bits per heavy atom. The zero-order valence-electron chi connectivity index (χ0n) is 10.9. The minimum Gasteiger partial charge on any atom is -0.495 e. The van der Waals surface area contributed by atoms with Gasteiger partial charge < -0.3 is 15.4 Å². The van der Waals surface area contributed by atoms with Crippen molar-refractivity contribution in [3.63, 3.8) is 0 Å². The van der Waals surface area contributed by atoms with Crippen molar-refractivity contribution in [3.8, 4) is 5.75 Å².